The van der Waals surface area contributed by atoms with Crippen molar-refractivity contribution in [2.24, 2.45) is 5.10 Å². The van der Waals surface area contributed by atoms with E-state index in [-0.39, 0.29) is 11.7 Å². The number of hydrogen-bond acceptors (Lipinski definition) is 7. The third-order valence-corrected chi connectivity index (χ3v) is 5.89. The lowest BCUT2D eigenvalue weighted by atomic mass is 10.2. The van der Waals surface area contributed by atoms with E-state index in [2.05, 4.69) is 46.6 Å². The zero-order chi connectivity index (χ0) is 22.3. The summed E-state index contributed by atoms with van der Waals surface area (Å²) in [6.45, 7) is 1.83. The van der Waals surface area contributed by atoms with Crippen LogP contribution in [0.4, 0.5) is 0 Å². The molecule has 10 heteroatoms. The molecule has 0 saturated heterocycles. The Morgan fingerprint density at radius 3 is 2.34 bits per heavy atom. The maximum absolute atomic E-state index is 12.4. The van der Waals surface area contributed by atoms with Crippen molar-refractivity contribution in [2.45, 2.75) is 12.1 Å². The van der Waals surface area contributed by atoms with Gasteiger partial charge < -0.3 is 0 Å². The van der Waals surface area contributed by atoms with Gasteiger partial charge >= 0.3 is 0 Å². The van der Waals surface area contributed by atoms with Crippen LogP contribution in [0.5, 0.6) is 0 Å². The fourth-order valence-electron chi connectivity index (χ4n) is 2.84. The maximum Gasteiger partial charge on any atom is 0.250 e. The van der Waals surface area contributed by atoms with E-state index in [0.29, 0.717) is 16.7 Å². The highest BCUT2D eigenvalue weighted by molar-refractivity contribution is 9.10. The summed E-state index contributed by atoms with van der Waals surface area (Å²) in [6.07, 6.45) is 6.78. The van der Waals surface area contributed by atoms with Crippen molar-refractivity contribution >= 4 is 39.3 Å². The first-order chi connectivity index (χ1) is 15.6. The van der Waals surface area contributed by atoms with E-state index in [0.717, 1.165) is 21.3 Å². The minimum absolute atomic E-state index is 0.137. The molecule has 0 aliphatic carbocycles. The minimum Gasteiger partial charge on any atom is -0.272 e. The van der Waals surface area contributed by atoms with Crippen molar-refractivity contribution in [1.29, 1.82) is 0 Å². The number of halogens is 1. The average Bonchev–Trinajstić information content (AvgIpc) is 3.27. The summed E-state index contributed by atoms with van der Waals surface area (Å²) in [5.41, 5.74) is 5.95. The molecule has 0 fully saturated rings. The maximum atomic E-state index is 12.4. The number of nitrogens with zero attached hydrogens (tertiary/aromatic N) is 6. The summed E-state index contributed by atoms with van der Waals surface area (Å²) in [4.78, 5) is 20.4. The van der Waals surface area contributed by atoms with Crippen LogP contribution in [-0.4, -0.2) is 42.1 Å². The summed E-state index contributed by atoms with van der Waals surface area (Å²) in [5.74, 6) is 0.571. The number of aromatic nitrogens is 5. The first kappa shape index (κ1) is 21.8. The Morgan fingerprint density at radius 2 is 1.66 bits per heavy atom. The van der Waals surface area contributed by atoms with Crippen LogP contribution in [0.1, 0.15) is 12.5 Å². The molecule has 1 amide bonds. The smallest absolute Gasteiger partial charge is 0.250 e. The van der Waals surface area contributed by atoms with Gasteiger partial charge in [-0.2, -0.15) is 5.10 Å². The van der Waals surface area contributed by atoms with E-state index < -0.39 is 0 Å². The molecule has 0 aliphatic heterocycles. The predicted molar refractivity (Wildman–Crippen MR) is 128 cm³/mol. The molecule has 1 N–H and O–H groups in total. The second kappa shape index (κ2) is 10.3. The largest absolute Gasteiger partial charge is 0.272 e. The molecule has 8 nitrogen and oxygen atoms in total. The van der Waals surface area contributed by atoms with Crippen molar-refractivity contribution in [3.63, 3.8) is 0 Å². The van der Waals surface area contributed by atoms with Crippen LogP contribution in [0.3, 0.4) is 0 Å². The molecule has 32 heavy (non-hydrogen) atoms. The second-order valence-corrected chi connectivity index (χ2v) is 8.47. The van der Waals surface area contributed by atoms with E-state index in [1.165, 1.54) is 11.8 Å². The van der Waals surface area contributed by atoms with E-state index in [1.54, 1.807) is 24.8 Å². The van der Waals surface area contributed by atoms with E-state index >= 15 is 0 Å². The number of carbonyl (C=O) groups is 1. The van der Waals surface area contributed by atoms with Crippen LogP contribution in [0.25, 0.3) is 17.1 Å². The zero-order valence-corrected chi connectivity index (χ0v) is 19.4. The first-order valence-corrected chi connectivity index (χ1v) is 11.4. The number of pyridine rings is 2. The molecule has 0 aliphatic rings. The van der Waals surface area contributed by atoms with Crippen molar-refractivity contribution in [3.8, 4) is 17.1 Å². The van der Waals surface area contributed by atoms with E-state index in [4.69, 9.17) is 0 Å². The summed E-state index contributed by atoms with van der Waals surface area (Å²) < 4.78 is 2.89. The number of benzene rings is 1. The summed E-state index contributed by atoms with van der Waals surface area (Å²) in [6, 6.07) is 15.2. The lowest BCUT2D eigenvalue weighted by Crippen LogP contribution is -2.21. The molecule has 160 valence electrons. The van der Waals surface area contributed by atoms with Gasteiger partial charge in [0.15, 0.2) is 11.0 Å². The Labute approximate surface area is 197 Å². The molecule has 0 radical (unpaired) electrons. The molecule has 0 atom stereocenters. The van der Waals surface area contributed by atoms with Crippen molar-refractivity contribution in [1.82, 2.24) is 30.2 Å². The number of hydrazone groups is 1. The van der Waals surface area contributed by atoms with Gasteiger partial charge in [0, 0.05) is 46.1 Å². The number of carbonyl (C=O) groups excluding carboxylic acids is 1. The highest BCUT2D eigenvalue weighted by atomic mass is 79.9. The van der Waals surface area contributed by atoms with Gasteiger partial charge in [-0.3, -0.25) is 19.3 Å². The quantitative estimate of drug-likeness (QED) is 0.229. The molecule has 0 bridgehead atoms. The Hall–Kier alpha value is -3.37. The summed E-state index contributed by atoms with van der Waals surface area (Å²) in [5, 5.41) is 13.5. The SMILES string of the molecule is C/C(=N\NC(=O)CSc1nnc(-c2ccncc2)n1-c1ccc(Br)cc1)c1ccncc1. The fraction of sp³-hybridized carbons (Fsp3) is 0.0909. The molecule has 3 heterocycles. The van der Waals surface area contributed by atoms with Gasteiger partial charge in [-0.15, -0.1) is 10.2 Å². The molecule has 0 unspecified atom stereocenters. The number of rotatable bonds is 7. The highest BCUT2D eigenvalue weighted by Gasteiger charge is 2.17. The van der Waals surface area contributed by atoms with E-state index in [9.17, 15) is 4.79 Å². The Morgan fingerprint density at radius 1 is 1.00 bits per heavy atom. The third kappa shape index (κ3) is 5.27. The Kier molecular flexibility index (Phi) is 7.03. The zero-order valence-electron chi connectivity index (χ0n) is 17.0. The monoisotopic (exact) mass is 507 g/mol. The number of thioether (sulfide) groups is 1. The van der Waals surface area contributed by atoms with Crippen LogP contribution >= 0.6 is 27.7 Å². The molecule has 3 aromatic heterocycles. The van der Waals surface area contributed by atoms with E-state index in [1.807, 2.05) is 60.0 Å². The molecular weight excluding hydrogens is 490 g/mol. The normalized spacial score (nSPS) is 11.4. The van der Waals surface area contributed by atoms with Gasteiger partial charge in [-0.25, -0.2) is 5.43 Å². The number of nitrogens with one attached hydrogen (secondary N) is 1. The lowest BCUT2D eigenvalue weighted by molar-refractivity contribution is -0.118. The predicted octanol–water partition coefficient (Wildman–Crippen LogP) is 4.12. The Balaban J connectivity index is 1.53. The van der Waals surface area contributed by atoms with Gasteiger partial charge in [0.1, 0.15) is 0 Å². The van der Waals surface area contributed by atoms with Crippen molar-refractivity contribution in [2.75, 3.05) is 5.75 Å². The second-order valence-electron chi connectivity index (χ2n) is 6.61. The highest BCUT2D eigenvalue weighted by Crippen LogP contribution is 2.28. The summed E-state index contributed by atoms with van der Waals surface area (Å²) in [7, 11) is 0. The third-order valence-electron chi connectivity index (χ3n) is 4.44. The average molecular weight is 508 g/mol. The molecule has 4 rings (SSSR count). The number of amides is 1. The van der Waals surface area contributed by atoms with Crippen LogP contribution in [0.15, 0.2) is 88.0 Å². The first-order valence-electron chi connectivity index (χ1n) is 9.60. The van der Waals surface area contributed by atoms with Gasteiger partial charge in [0.2, 0.25) is 0 Å². The van der Waals surface area contributed by atoms with Gasteiger partial charge in [-0.05, 0) is 55.5 Å². The van der Waals surface area contributed by atoms with Crippen LogP contribution < -0.4 is 5.43 Å². The molecule has 0 spiro atoms. The van der Waals surface area contributed by atoms with Crippen molar-refractivity contribution < 1.29 is 4.79 Å². The van der Waals surface area contributed by atoms with Gasteiger partial charge in [-0.1, -0.05) is 27.7 Å². The summed E-state index contributed by atoms with van der Waals surface area (Å²) >= 11 is 4.75. The molecular formula is C22H18BrN7OS. The van der Waals surface area contributed by atoms with Crippen LogP contribution in [0.2, 0.25) is 0 Å². The molecule has 1 aromatic carbocycles. The van der Waals surface area contributed by atoms with Gasteiger partial charge in [0.05, 0.1) is 11.5 Å². The minimum atomic E-state index is -0.237. The molecule has 4 aromatic rings. The Bertz CT molecular complexity index is 1230. The lowest BCUT2D eigenvalue weighted by Gasteiger charge is -2.10. The molecule has 0 saturated carbocycles. The van der Waals surface area contributed by atoms with Crippen LogP contribution in [-0.2, 0) is 4.79 Å². The topological polar surface area (TPSA) is 98.0 Å². The van der Waals surface area contributed by atoms with Crippen LogP contribution in [0, 0.1) is 0 Å². The van der Waals surface area contributed by atoms with Gasteiger partial charge in [0.25, 0.3) is 5.91 Å². The van der Waals surface area contributed by atoms with Crippen molar-refractivity contribution in [3.05, 3.63) is 83.4 Å². The fourth-order valence-corrected chi connectivity index (χ4v) is 3.85. The standard InChI is InChI=1S/C22H18BrN7OS/c1-15(16-6-10-24-11-7-16)26-27-20(31)14-32-22-29-28-21(17-8-12-25-13-9-17)30(22)19-4-2-18(23)3-5-19/h2-13H,14H2,1H3,(H,27,31)/b26-15+. The number of hydrogen-bond donors (Lipinski definition) is 1.